The summed E-state index contributed by atoms with van der Waals surface area (Å²) in [6.45, 7) is 4.00. The second-order valence-corrected chi connectivity index (χ2v) is 7.46. The van der Waals surface area contributed by atoms with Gasteiger partial charge in [-0.25, -0.2) is 10.5 Å². The number of hydroxylamine groups is 1. The topological polar surface area (TPSA) is 128 Å². The van der Waals surface area contributed by atoms with E-state index in [1.165, 1.54) is 11.6 Å². The average molecular weight is 438 g/mol. The predicted octanol–water partition coefficient (Wildman–Crippen LogP) is 3.12. The van der Waals surface area contributed by atoms with Gasteiger partial charge in [0.2, 0.25) is 0 Å². The number of aliphatic carboxylic acids is 1. The number of hydrogen-bond acceptors (Lipinski definition) is 7. The van der Waals surface area contributed by atoms with E-state index in [9.17, 15) is 4.79 Å². The molecule has 3 heterocycles. The van der Waals surface area contributed by atoms with E-state index in [-0.39, 0.29) is 0 Å². The molecule has 1 aliphatic heterocycles. The predicted molar refractivity (Wildman–Crippen MR) is 120 cm³/mol. The molecule has 3 aromatic rings. The number of furan rings is 1. The Morgan fingerprint density at radius 2 is 2.09 bits per heavy atom. The molecule has 1 aliphatic rings. The van der Waals surface area contributed by atoms with Gasteiger partial charge in [-0.15, -0.1) is 0 Å². The van der Waals surface area contributed by atoms with Gasteiger partial charge in [-0.3, -0.25) is 19.7 Å². The largest absolute Gasteiger partial charge is 0.481 e. The zero-order valence-corrected chi connectivity index (χ0v) is 17.7. The van der Waals surface area contributed by atoms with Crippen LogP contribution in [0.3, 0.4) is 0 Å². The molecule has 32 heavy (non-hydrogen) atoms. The summed E-state index contributed by atoms with van der Waals surface area (Å²) in [6, 6.07) is 12.5. The van der Waals surface area contributed by atoms with Gasteiger partial charge in [0.1, 0.15) is 11.4 Å². The maximum absolute atomic E-state index is 11.0. The number of hydrogen-bond donors (Lipinski definition) is 4. The van der Waals surface area contributed by atoms with E-state index in [2.05, 4.69) is 27.3 Å². The summed E-state index contributed by atoms with van der Waals surface area (Å²) >= 11 is 0. The number of fused-ring (bicyclic) bond motifs is 1. The zero-order valence-electron chi connectivity index (χ0n) is 17.7. The number of anilines is 1. The van der Waals surface area contributed by atoms with Crippen LogP contribution in [-0.4, -0.2) is 51.2 Å². The standard InChI is InChI=1S/C21H22N4O3.C2H4O2/c26-21(24-27)6-3-15-2-5-20(22-12-15)23-18-7-9-25(14-18)13-16-1-4-19-17(11-16)8-10-28-19;1-2(3)4/h1-6,8,10-12,18,27H,7,9,13-14H2,(H,22,23)(H,24,26);1H3,(H,3,4)/b6-3+;/t18-;/m1./s1. The third kappa shape index (κ3) is 6.93. The monoisotopic (exact) mass is 438 g/mol. The maximum Gasteiger partial charge on any atom is 0.300 e. The maximum atomic E-state index is 11.0. The highest BCUT2D eigenvalue weighted by Crippen LogP contribution is 2.21. The highest BCUT2D eigenvalue weighted by atomic mass is 16.5. The number of carbonyl (C=O) groups is 2. The van der Waals surface area contributed by atoms with Gasteiger partial charge in [0, 0.05) is 50.3 Å². The van der Waals surface area contributed by atoms with Crippen LogP contribution in [0.4, 0.5) is 5.82 Å². The summed E-state index contributed by atoms with van der Waals surface area (Å²) < 4.78 is 5.40. The molecule has 2 aromatic heterocycles. The fraction of sp³-hybridized carbons (Fsp3) is 0.261. The van der Waals surface area contributed by atoms with Crippen LogP contribution in [-0.2, 0) is 16.1 Å². The van der Waals surface area contributed by atoms with Gasteiger partial charge in [-0.2, -0.15) is 0 Å². The van der Waals surface area contributed by atoms with Crippen molar-refractivity contribution < 1.29 is 24.3 Å². The van der Waals surface area contributed by atoms with Crippen LogP contribution < -0.4 is 10.8 Å². The van der Waals surface area contributed by atoms with Crippen LogP contribution in [0, 0.1) is 0 Å². The number of nitrogens with one attached hydrogen (secondary N) is 2. The van der Waals surface area contributed by atoms with Crippen molar-refractivity contribution >= 4 is 34.7 Å². The van der Waals surface area contributed by atoms with Crippen LogP contribution in [0.15, 0.2) is 59.4 Å². The third-order valence-corrected chi connectivity index (χ3v) is 4.87. The van der Waals surface area contributed by atoms with Gasteiger partial charge < -0.3 is 14.8 Å². The first-order valence-electron chi connectivity index (χ1n) is 10.2. The van der Waals surface area contributed by atoms with E-state index < -0.39 is 11.9 Å². The molecule has 0 spiro atoms. The van der Waals surface area contributed by atoms with E-state index >= 15 is 0 Å². The number of amides is 1. The first-order chi connectivity index (χ1) is 15.4. The van der Waals surface area contributed by atoms with E-state index in [1.54, 1.807) is 24.0 Å². The molecule has 1 fully saturated rings. The van der Waals surface area contributed by atoms with Crippen molar-refractivity contribution in [1.82, 2.24) is 15.4 Å². The molecule has 0 aliphatic carbocycles. The number of pyridine rings is 1. The molecular weight excluding hydrogens is 412 g/mol. The van der Waals surface area contributed by atoms with E-state index in [4.69, 9.17) is 19.5 Å². The third-order valence-electron chi connectivity index (χ3n) is 4.87. The molecule has 9 heteroatoms. The quantitative estimate of drug-likeness (QED) is 0.263. The number of aromatic nitrogens is 1. The van der Waals surface area contributed by atoms with Crippen molar-refractivity contribution in [3.05, 3.63) is 66.1 Å². The Balaban J connectivity index is 0.000000668. The van der Waals surface area contributed by atoms with Crippen molar-refractivity contribution in [2.24, 2.45) is 0 Å². The molecule has 1 amide bonds. The van der Waals surface area contributed by atoms with Crippen molar-refractivity contribution in [2.75, 3.05) is 18.4 Å². The first kappa shape index (κ1) is 23.0. The fourth-order valence-corrected chi connectivity index (χ4v) is 3.47. The zero-order chi connectivity index (χ0) is 22.9. The Kier molecular flexibility index (Phi) is 7.96. The lowest BCUT2D eigenvalue weighted by molar-refractivity contribution is -0.134. The van der Waals surface area contributed by atoms with Crippen molar-refractivity contribution in [3.63, 3.8) is 0 Å². The number of nitrogens with zero attached hydrogens (tertiary/aromatic N) is 2. The molecule has 0 radical (unpaired) electrons. The molecule has 0 unspecified atom stereocenters. The normalized spacial score (nSPS) is 16.0. The van der Waals surface area contributed by atoms with E-state index in [1.807, 2.05) is 24.3 Å². The van der Waals surface area contributed by atoms with Gasteiger partial charge in [0.25, 0.3) is 11.9 Å². The van der Waals surface area contributed by atoms with Crippen LogP contribution >= 0.6 is 0 Å². The summed E-state index contributed by atoms with van der Waals surface area (Å²) in [5, 5.41) is 20.5. The van der Waals surface area contributed by atoms with Crippen molar-refractivity contribution in [3.8, 4) is 0 Å². The summed E-state index contributed by atoms with van der Waals surface area (Å²) in [5.41, 5.74) is 4.55. The van der Waals surface area contributed by atoms with Crippen LogP contribution in [0.2, 0.25) is 0 Å². The minimum Gasteiger partial charge on any atom is -0.481 e. The Morgan fingerprint density at radius 3 is 2.81 bits per heavy atom. The Labute approximate surface area is 185 Å². The molecule has 1 atom stereocenters. The number of carboxylic acids is 1. The van der Waals surface area contributed by atoms with Crippen LogP contribution in [0.5, 0.6) is 0 Å². The first-order valence-corrected chi connectivity index (χ1v) is 10.2. The minimum atomic E-state index is -0.833. The highest BCUT2D eigenvalue weighted by Gasteiger charge is 2.22. The summed E-state index contributed by atoms with van der Waals surface area (Å²) in [4.78, 5) is 26.8. The second-order valence-electron chi connectivity index (χ2n) is 7.46. The van der Waals surface area contributed by atoms with Crippen LogP contribution in [0.1, 0.15) is 24.5 Å². The molecule has 1 aromatic carbocycles. The Hall–Kier alpha value is -3.69. The summed E-state index contributed by atoms with van der Waals surface area (Å²) in [7, 11) is 0. The molecule has 4 rings (SSSR count). The lowest BCUT2D eigenvalue weighted by Gasteiger charge is -2.17. The van der Waals surface area contributed by atoms with Crippen LogP contribution in [0.25, 0.3) is 17.0 Å². The van der Waals surface area contributed by atoms with Gasteiger partial charge in [-0.05, 0) is 54.0 Å². The SMILES string of the molecule is CC(=O)O.O=C(/C=C/c1ccc(N[C@@H]2CCN(Cc3ccc4occc4c3)C2)nc1)NO. The van der Waals surface area contributed by atoms with Crippen molar-refractivity contribution in [1.29, 1.82) is 0 Å². The lowest BCUT2D eigenvalue weighted by Crippen LogP contribution is -2.26. The Bertz CT molecular complexity index is 1070. The number of benzene rings is 1. The summed E-state index contributed by atoms with van der Waals surface area (Å²) in [6.07, 6.45) is 7.32. The fourth-order valence-electron chi connectivity index (χ4n) is 3.47. The number of carbonyl (C=O) groups excluding carboxylic acids is 1. The molecule has 168 valence electrons. The molecule has 1 saturated heterocycles. The van der Waals surface area contributed by atoms with Gasteiger partial charge in [-0.1, -0.05) is 6.07 Å². The van der Waals surface area contributed by atoms with Gasteiger partial charge in [0.05, 0.1) is 6.26 Å². The molecule has 9 nitrogen and oxygen atoms in total. The molecule has 0 saturated carbocycles. The van der Waals surface area contributed by atoms with Gasteiger partial charge in [0.15, 0.2) is 0 Å². The van der Waals surface area contributed by atoms with E-state index in [0.717, 1.165) is 55.3 Å². The van der Waals surface area contributed by atoms with E-state index in [0.29, 0.717) is 6.04 Å². The molecular formula is C23H26N4O5. The smallest absolute Gasteiger partial charge is 0.300 e. The summed E-state index contributed by atoms with van der Waals surface area (Å²) in [5.74, 6) is -0.587. The number of rotatable bonds is 6. The minimum absolute atomic E-state index is 0.353. The average Bonchev–Trinajstić information content (AvgIpc) is 3.41. The number of carboxylic acid groups (broad SMARTS) is 1. The molecule has 4 N–H and O–H groups in total. The van der Waals surface area contributed by atoms with Crippen molar-refractivity contribution in [2.45, 2.75) is 25.9 Å². The van der Waals surface area contributed by atoms with Gasteiger partial charge >= 0.3 is 0 Å². The Morgan fingerprint density at radius 1 is 1.28 bits per heavy atom. The molecule has 0 bridgehead atoms. The lowest BCUT2D eigenvalue weighted by atomic mass is 10.1. The number of likely N-dealkylation sites (tertiary alicyclic amines) is 1. The highest BCUT2D eigenvalue weighted by molar-refractivity contribution is 5.90. The second kappa shape index (κ2) is 11.1.